The highest BCUT2D eigenvalue weighted by Crippen LogP contribution is 2.14. The van der Waals surface area contributed by atoms with Gasteiger partial charge in [0.15, 0.2) is 0 Å². The smallest absolute Gasteiger partial charge is 0.333 e. The Morgan fingerprint density at radius 1 is 1.35 bits per heavy atom. The van der Waals surface area contributed by atoms with Crippen LogP contribution in [0.1, 0.15) is 46.0 Å². The second-order valence-corrected chi connectivity index (χ2v) is 5.14. The van der Waals surface area contributed by atoms with Crippen molar-refractivity contribution in [3.8, 4) is 0 Å². The van der Waals surface area contributed by atoms with Gasteiger partial charge in [-0.15, -0.1) is 0 Å². The fraction of sp³-hybridized carbons (Fsp3) is 0.733. The van der Waals surface area contributed by atoms with Crippen LogP contribution in [0.25, 0.3) is 0 Å². The summed E-state index contributed by atoms with van der Waals surface area (Å²) in [5.74, 6) is -0.204. The van der Waals surface area contributed by atoms with Crippen LogP contribution in [0, 0.1) is 0 Å². The fourth-order valence-corrected chi connectivity index (χ4v) is 2.08. The predicted octanol–water partition coefficient (Wildman–Crippen LogP) is 2.26. The highest BCUT2D eigenvalue weighted by atomic mass is 16.5. The zero-order valence-corrected chi connectivity index (χ0v) is 12.5. The molecule has 1 amide bonds. The normalized spacial score (nSPS) is 17.5. The summed E-state index contributed by atoms with van der Waals surface area (Å²) in [5, 5.41) is 0. The van der Waals surface area contributed by atoms with Crippen molar-refractivity contribution in [2.75, 3.05) is 19.8 Å². The molecule has 1 saturated heterocycles. The lowest BCUT2D eigenvalue weighted by molar-refractivity contribution is -0.144. The maximum atomic E-state index is 11.9. The van der Waals surface area contributed by atoms with Gasteiger partial charge in [0, 0.05) is 25.0 Å². The highest BCUT2D eigenvalue weighted by Gasteiger charge is 2.21. The minimum absolute atomic E-state index is 0.170. The standard InChI is InChI=1S/C15H25NO4/c1-12(2)15(18)20-11-7-10-19-13(3)16-9-6-4-5-8-14(16)17/h13H,1,4-11H2,2-3H3. The molecule has 0 aromatic heterocycles. The molecule has 0 N–H and O–H groups in total. The molecule has 114 valence electrons. The molecule has 1 heterocycles. The summed E-state index contributed by atoms with van der Waals surface area (Å²) in [6.45, 7) is 8.57. The zero-order valence-electron chi connectivity index (χ0n) is 12.5. The molecule has 1 aliphatic rings. The van der Waals surface area contributed by atoms with Gasteiger partial charge in [-0.2, -0.15) is 0 Å². The Morgan fingerprint density at radius 3 is 2.80 bits per heavy atom. The van der Waals surface area contributed by atoms with Gasteiger partial charge in [0.25, 0.3) is 0 Å². The van der Waals surface area contributed by atoms with Crippen LogP contribution in [-0.2, 0) is 19.1 Å². The molecular weight excluding hydrogens is 258 g/mol. The van der Waals surface area contributed by atoms with E-state index < -0.39 is 0 Å². The third-order valence-corrected chi connectivity index (χ3v) is 3.28. The van der Waals surface area contributed by atoms with Crippen molar-refractivity contribution >= 4 is 11.9 Å². The Balaban J connectivity index is 2.19. The van der Waals surface area contributed by atoms with Crippen molar-refractivity contribution in [1.29, 1.82) is 0 Å². The van der Waals surface area contributed by atoms with Crippen LogP contribution in [0.4, 0.5) is 0 Å². The first-order chi connectivity index (χ1) is 9.52. The van der Waals surface area contributed by atoms with Gasteiger partial charge < -0.3 is 14.4 Å². The summed E-state index contributed by atoms with van der Waals surface area (Å²) in [4.78, 5) is 24.8. The van der Waals surface area contributed by atoms with E-state index in [4.69, 9.17) is 9.47 Å². The maximum Gasteiger partial charge on any atom is 0.333 e. The summed E-state index contributed by atoms with van der Waals surface area (Å²) >= 11 is 0. The van der Waals surface area contributed by atoms with E-state index in [1.54, 1.807) is 11.8 Å². The van der Waals surface area contributed by atoms with E-state index in [2.05, 4.69) is 6.58 Å². The van der Waals surface area contributed by atoms with Gasteiger partial charge in [-0.3, -0.25) is 4.79 Å². The van der Waals surface area contributed by atoms with Crippen LogP contribution in [0.15, 0.2) is 12.2 Å². The van der Waals surface area contributed by atoms with Crippen molar-refractivity contribution < 1.29 is 19.1 Å². The second-order valence-electron chi connectivity index (χ2n) is 5.14. The number of amides is 1. The minimum Gasteiger partial charge on any atom is -0.462 e. The van der Waals surface area contributed by atoms with E-state index in [0.29, 0.717) is 31.6 Å². The summed E-state index contributed by atoms with van der Waals surface area (Å²) < 4.78 is 10.6. The van der Waals surface area contributed by atoms with Crippen molar-refractivity contribution in [3.05, 3.63) is 12.2 Å². The molecular formula is C15H25NO4. The van der Waals surface area contributed by atoms with Gasteiger partial charge in [-0.05, 0) is 26.7 Å². The van der Waals surface area contributed by atoms with Gasteiger partial charge in [0.05, 0.1) is 13.2 Å². The molecule has 0 aromatic rings. The van der Waals surface area contributed by atoms with Crippen LogP contribution >= 0.6 is 0 Å². The molecule has 0 aromatic carbocycles. The number of nitrogens with zero attached hydrogens (tertiary/aromatic N) is 1. The first kappa shape index (κ1) is 16.7. The molecule has 1 aliphatic heterocycles. The van der Waals surface area contributed by atoms with Crippen molar-refractivity contribution in [2.45, 2.75) is 52.2 Å². The number of likely N-dealkylation sites (tertiary alicyclic amines) is 1. The van der Waals surface area contributed by atoms with Crippen LogP contribution < -0.4 is 0 Å². The molecule has 5 nitrogen and oxygen atoms in total. The number of rotatable bonds is 7. The first-order valence-corrected chi connectivity index (χ1v) is 7.26. The number of carbonyl (C=O) groups excluding carboxylic acids is 2. The van der Waals surface area contributed by atoms with E-state index in [0.717, 1.165) is 25.8 Å². The molecule has 1 unspecified atom stereocenters. The average molecular weight is 283 g/mol. The Labute approximate surface area is 120 Å². The predicted molar refractivity (Wildman–Crippen MR) is 76.0 cm³/mol. The number of hydrogen-bond acceptors (Lipinski definition) is 4. The molecule has 1 atom stereocenters. The monoisotopic (exact) mass is 283 g/mol. The Kier molecular flexibility index (Phi) is 7.30. The zero-order chi connectivity index (χ0) is 15.0. The lowest BCUT2D eigenvalue weighted by Crippen LogP contribution is -2.40. The maximum absolute atomic E-state index is 11.9. The Bertz CT molecular complexity index is 354. The van der Waals surface area contributed by atoms with Crippen molar-refractivity contribution in [3.63, 3.8) is 0 Å². The Hall–Kier alpha value is -1.36. The lowest BCUT2D eigenvalue weighted by atomic mass is 10.2. The van der Waals surface area contributed by atoms with E-state index in [-0.39, 0.29) is 18.1 Å². The molecule has 0 aliphatic carbocycles. The average Bonchev–Trinajstić information content (AvgIpc) is 2.62. The number of ether oxygens (including phenoxy) is 2. The van der Waals surface area contributed by atoms with Gasteiger partial charge in [-0.1, -0.05) is 13.0 Å². The SMILES string of the molecule is C=C(C)C(=O)OCCCOC(C)N1CCCCCC1=O. The third kappa shape index (κ3) is 5.74. The van der Waals surface area contributed by atoms with E-state index in [1.807, 2.05) is 6.92 Å². The highest BCUT2D eigenvalue weighted by molar-refractivity contribution is 5.86. The minimum atomic E-state index is -0.374. The van der Waals surface area contributed by atoms with E-state index >= 15 is 0 Å². The molecule has 0 saturated carbocycles. The summed E-state index contributed by atoms with van der Waals surface area (Å²) in [6.07, 6.45) is 4.13. The van der Waals surface area contributed by atoms with Gasteiger partial charge in [0.1, 0.15) is 6.23 Å². The quantitative estimate of drug-likeness (QED) is 0.408. The summed E-state index contributed by atoms with van der Waals surface area (Å²) in [5.41, 5.74) is 0.398. The molecule has 0 spiro atoms. The van der Waals surface area contributed by atoms with Crippen LogP contribution in [-0.4, -0.2) is 42.8 Å². The fourth-order valence-electron chi connectivity index (χ4n) is 2.08. The van der Waals surface area contributed by atoms with Gasteiger partial charge in [0.2, 0.25) is 5.91 Å². The van der Waals surface area contributed by atoms with Gasteiger partial charge in [-0.25, -0.2) is 4.79 Å². The third-order valence-electron chi connectivity index (χ3n) is 3.28. The van der Waals surface area contributed by atoms with Crippen LogP contribution in [0.3, 0.4) is 0 Å². The van der Waals surface area contributed by atoms with E-state index in [1.165, 1.54) is 0 Å². The number of hydrogen-bond donors (Lipinski definition) is 0. The van der Waals surface area contributed by atoms with Crippen molar-refractivity contribution in [1.82, 2.24) is 4.90 Å². The molecule has 5 heteroatoms. The summed E-state index contributed by atoms with van der Waals surface area (Å²) in [7, 11) is 0. The largest absolute Gasteiger partial charge is 0.462 e. The Morgan fingerprint density at radius 2 is 2.10 bits per heavy atom. The van der Waals surface area contributed by atoms with Crippen LogP contribution in [0.2, 0.25) is 0 Å². The first-order valence-electron chi connectivity index (χ1n) is 7.26. The van der Waals surface area contributed by atoms with E-state index in [9.17, 15) is 9.59 Å². The topological polar surface area (TPSA) is 55.8 Å². The number of carbonyl (C=O) groups is 2. The number of esters is 1. The molecule has 1 fully saturated rings. The summed E-state index contributed by atoms with van der Waals surface area (Å²) in [6, 6.07) is 0. The molecule has 0 radical (unpaired) electrons. The van der Waals surface area contributed by atoms with Crippen molar-refractivity contribution in [2.24, 2.45) is 0 Å². The van der Waals surface area contributed by atoms with Gasteiger partial charge >= 0.3 is 5.97 Å². The second kappa shape index (κ2) is 8.74. The lowest BCUT2D eigenvalue weighted by Gasteiger charge is -2.27. The van der Waals surface area contributed by atoms with Crippen LogP contribution in [0.5, 0.6) is 0 Å². The molecule has 1 rings (SSSR count). The molecule has 20 heavy (non-hydrogen) atoms. The molecule has 0 bridgehead atoms.